The van der Waals surface area contributed by atoms with E-state index in [0.29, 0.717) is 10.8 Å². The van der Waals surface area contributed by atoms with Crippen molar-refractivity contribution in [3.05, 3.63) is 64.2 Å². The average molecular weight is 290 g/mol. The van der Waals surface area contributed by atoms with Crippen molar-refractivity contribution >= 4 is 11.6 Å². The van der Waals surface area contributed by atoms with E-state index in [2.05, 4.69) is 49.5 Å². The fourth-order valence-electron chi connectivity index (χ4n) is 2.34. The summed E-state index contributed by atoms with van der Waals surface area (Å²) in [5, 5.41) is 4.15. The van der Waals surface area contributed by atoms with Crippen LogP contribution in [0.4, 0.5) is 0 Å². The molecule has 106 valence electrons. The lowest BCUT2D eigenvalue weighted by Crippen LogP contribution is -2.22. The van der Waals surface area contributed by atoms with Crippen molar-refractivity contribution in [2.45, 2.75) is 19.9 Å². The second-order valence-electron chi connectivity index (χ2n) is 4.80. The van der Waals surface area contributed by atoms with Crippen molar-refractivity contribution in [1.29, 1.82) is 0 Å². The minimum atomic E-state index is 0.142. The Labute approximate surface area is 125 Å². The molecule has 0 saturated heterocycles. The molecule has 2 aromatic carbocycles. The number of nitrogens with one attached hydrogen (secondary N) is 1. The number of hydrogen-bond acceptors (Lipinski definition) is 2. The van der Waals surface area contributed by atoms with Crippen LogP contribution in [0.2, 0.25) is 5.02 Å². The van der Waals surface area contributed by atoms with Gasteiger partial charge in [-0.25, -0.2) is 0 Å². The molecule has 2 aromatic rings. The summed E-state index contributed by atoms with van der Waals surface area (Å²) in [6.45, 7) is 5.10. The molecule has 0 aromatic heterocycles. The van der Waals surface area contributed by atoms with Crippen LogP contribution in [0.5, 0.6) is 5.75 Å². The number of halogens is 1. The Hall–Kier alpha value is -1.51. The Morgan fingerprint density at radius 2 is 1.90 bits per heavy atom. The van der Waals surface area contributed by atoms with Crippen molar-refractivity contribution in [3.8, 4) is 5.75 Å². The first kappa shape index (κ1) is 14.9. The second-order valence-corrected chi connectivity index (χ2v) is 5.21. The van der Waals surface area contributed by atoms with Crippen molar-refractivity contribution in [1.82, 2.24) is 5.32 Å². The maximum atomic E-state index is 6.24. The molecule has 0 saturated carbocycles. The third kappa shape index (κ3) is 3.33. The van der Waals surface area contributed by atoms with Crippen molar-refractivity contribution in [3.63, 3.8) is 0 Å². The van der Waals surface area contributed by atoms with Crippen LogP contribution in [0.15, 0.2) is 42.5 Å². The zero-order valence-corrected chi connectivity index (χ0v) is 12.9. The van der Waals surface area contributed by atoms with E-state index in [1.807, 2.05) is 12.1 Å². The number of hydrogen-bond donors (Lipinski definition) is 1. The van der Waals surface area contributed by atoms with E-state index >= 15 is 0 Å². The summed E-state index contributed by atoms with van der Waals surface area (Å²) in [5.41, 5.74) is 3.64. The molecule has 0 spiro atoms. The van der Waals surface area contributed by atoms with E-state index in [-0.39, 0.29) is 6.04 Å². The van der Waals surface area contributed by atoms with Crippen molar-refractivity contribution < 1.29 is 4.74 Å². The van der Waals surface area contributed by atoms with E-state index in [0.717, 1.165) is 12.1 Å². The number of benzene rings is 2. The third-order valence-corrected chi connectivity index (χ3v) is 3.59. The highest BCUT2D eigenvalue weighted by atomic mass is 35.5. The predicted molar refractivity (Wildman–Crippen MR) is 84.7 cm³/mol. The Morgan fingerprint density at radius 3 is 2.50 bits per heavy atom. The summed E-state index contributed by atoms with van der Waals surface area (Å²) in [5.74, 6) is 0.704. The van der Waals surface area contributed by atoms with E-state index in [4.69, 9.17) is 16.3 Å². The molecule has 20 heavy (non-hydrogen) atoms. The normalized spacial score (nSPS) is 12.2. The molecule has 1 atom stereocenters. The average Bonchev–Trinajstić information content (AvgIpc) is 2.44. The monoisotopic (exact) mass is 289 g/mol. The SMILES string of the molecule is CCNC(c1cccc(C)c1)c1ccc(OC)c(Cl)c1. The second kappa shape index (κ2) is 6.78. The zero-order valence-electron chi connectivity index (χ0n) is 12.1. The van der Waals surface area contributed by atoms with Crippen LogP contribution < -0.4 is 10.1 Å². The minimum absolute atomic E-state index is 0.142. The maximum Gasteiger partial charge on any atom is 0.137 e. The summed E-state index contributed by atoms with van der Waals surface area (Å²) in [4.78, 5) is 0. The molecular weight excluding hydrogens is 270 g/mol. The minimum Gasteiger partial charge on any atom is -0.495 e. The molecule has 0 heterocycles. The number of methoxy groups -OCH3 is 1. The van der Waals surface area contributed by atoms with Gasteiger partial charge in [-0.3, -0.25) is 0 Å². The van der Waals surface area contributed by atoms with Gasteiger partial charge in [0.1, 0.15) is 5.75 Å². The highest BCUT2D eigenvalue weighted by Crippen LogP contribution is 2.30. The standard InChI is InChI=1S/C17H20ClNO/c1-4-19-17(13-7-5-6-12(2)10-13)14-8-9-16(20-3)15(18)11-14/h5-11,17,19H,4H2,1-3H3. The first-order valence-electron chi connectivity index (χ1n) is 6.79. The number of aryl methyl sites for hydroxylation is 1. The lowest BCUT2D eigenvalue weighted by molar-refractivity contribution is 0.414. The molecule has 0 aliphatic rings. The molecule has 0 bridgehead atoms. The van der Waals surface area contributed by atoms with Gasteiger partial charge < -0.3 is 10.1 Å². The highest BCUT2D eigenvalue weighted by Gasteiger charge is 2.14. The van der Waals surface area contributed by atoms with Gasteiger partial charge in [-0.2, -0.15) is 0 Å². The molecule has 3 heteroatoms. The maximum absolute atomic E-state index is 6.24. The molecule has 0 amide bonds. The van der Waals surface area contributed by atoms with Crippen LogP contribution in [-0.4, -0.2) is 13.7 Å². The predicted octanol–water partition coefficient (Wildman–Crippen LogP) is 4.36. The van der Waals surface area contributed by atoms with Gasteiger partial charge in [-0.05, 0) is 36.7 Å². The molecule has 0 aliphatic heterocycles. The molecule has 0 fully saturated rings. The molecule has 0 aliphatic carbocycles. The van der Waals surface area contributed by atoms with Crippen molar-refractivity contribution in [2.24, 2.45) is 0 Å². The van der Waals surface area contributed by atoms with Gasteiger partial charge in [0.15, 0.2) is 0 Å². The largest absolute Gasteiger partial charge is 0.495 e. The van der Waals surface area contributed by atoms with Gasteiger partial charge in [0, 0.05) is 0 Å². The van der Waals surface area contributed by atoms with Gasteiger partial charge in [-0.15, -0.1) is 0 Å². The van der Waals surface area contributed by atoms with Gasteiger partial charge in [0.2, 0.25) is 0 Å². The number of rotatable bonds is 5. The fraction of sp³-hybridized carbons (Fsp3) is 0.294. The Balaban J connectivity index is 2.40. The van der Waals surface area contributed by atoms with E-state index < -0.39 is 0 Å². The quantitative estimate of drug-likeness (QED) is 0.883. The third-order valence-electron chi connectivity index (χ3n) is 3.29. The molecule has 2 rings (SSSR count). The molecule has 1 N–H and O–H groups in total. The lowest BCUT2D eigenvalue weighted by Gasteiger charge is -2.20. The van der Waals surface area contributed by atoms with Crippen LogP contribution in [0.3, 0.4) is 0 Å². The van der Waals surface area contributed by atoms with Gasteiger partial charge in [0.25, 0.3) is 0 Å². The summed E-state index contributed by atoms with van der Waals surface area (Å²) in [7, 11) is 1.63. The van der Waals surface area contributed by atoms with Gasteiger partial charge in [0.05, 0.1) is 18.2 Å². The Morgan fingerprint density at radius 1 is 1.15 bits per heavy atom. The lowest BCUT2D eigenvalue weighted by atomic mass is 9.97. The molecule has 1 unspecified atom stereocenters. The summed E-state index contributed by atoms with van der Waals surface area (Å²) in [6, 6.07) is 14.6. The van der Waals surface area contributed by atoms with E-state index in [1.165, 1.54) is 11.1 Å². The zero-order chi connectivity index (χ0) is 14.5. The first-order valence-corrected chi connectivity index (χ1v) is 7.17. The van der Waals surface area contributed by atoms with Crippen molar-refractivity contribution in [2.75, 3.05) is 13.7 Å². The smallest absolute Gasteiger partial charge is 0.137 e. The molecule has 2 nitrogen and oxygen atoms in total. The van der Waals surface area contributed by atoms with Crippen LogP contribution in [0, 0.1) is 6.92 Å². The highest BCUT2D eigenvalue weighted by molar-refractivity contribution is 6.32. The van der Waals surface area contributed by atoms with E-state index in [9.17, 15) is 0 Å². The fourth-order valence-corrected chi connectivity index (χ4v) is 2.61. The molecular formula is C17H20ClNO. The Kier molecular flexibility index (Phi) is 5.05. The Bertz CT molecular complexity index is 583. The van der Waals surface area contributed by atoms with Crippen LogP contribution >= 0.6 is 11.6 Å². The van der Waals surface area contributed by atoms with Gasteiger partial charge >= 0.3 is 0 Å². The topological polar surface area (TPSA) is 21.3 Å². The van der Waals surface area contributed by atoms with Crippen LogP contribution in [-0.2, 0) is 0 Å². The van der Waals surface area contributed by atoms with Crippen LogP contribution in [0.25, 0.3) is 0 Å². The number of ether oxygens (including phenoxy) is 1. The van der Waals surface area contributed by atoms with E-state index in [1.54, 1.807) is 7.11 Å². The summed E-state index contributed by atoms with van der Waals surface area (Å²) >= 11 is 6.24. The molecule has 0 radical (unpaired) electrons. The summed E-state index contributed by atoms with van der Waals surface area (Å²) < 4.78 is 5.21. The van der Waals surface area contributed by atoms with Gasteiger partial charge in [-0.1, -0.05) is 54.4 Å². The summed E-state index contributed by atoms with van der Waals surface area (Å²) in [6.07, 6.45) is 0. The van der Waals surface area contributed by atoms with Crippen LogP contribution in [0.1, 0.15) is 29.7 Å². The first-order chi connectivity index (χ1) is 9.65.